The van der Waals surface area contributed by atoms with Crippen LogP contribution in [0.15, 0.2) is 35.6 Å². The second kappa shape index (κ2) is 5.65. The van der Waals surface area contributed by atoms with E-state index in [0.29, 0.717) is 24.8 Å². The fraction of sp³-hybridized carbons (Fsp3) is 0.308. The molecular weight excluding hydrogens is 300 g/mol. The first-order chi connectivity index (χ1) is 11.3. The predicted molar refractivity (Wildman–Crippen MR) is 79.9 cm³/mol. The summed E-state index contributed by atoms with van der Waals surface area (Å²) in [6, 6.07) is 1.84. The summed E-state index contributed by atoms with van der Waals surface area (Å²) in [5.41, 5.74) is 0.0544. The molecule has 0 aromatic carbocycles. The molecule has 0 saturated carbocycles. The van der Waals surface area contributed by atoms with Gasteiger partial charge in [0, 0.05) is 19.3 Å². The minimum atomic E-state index is -0.295. The van der Waals surface area contributed by atoms with Gasteiger partial charge in [-0.25, -0.2) is 14.3 Å². The van der Waals surface area contributed by atoms with Crippen LogP contribution in [0.5, 0.6) is 0 Å². The molecule has 4 heterocycles. The Morgan fingerprint density at radius 1 is 1.22 bits per heavy atom. The monoisotopic (exact) mass is 314 g/mol. The molecule has 0 radical (unpaired) electrons. The largest absolute Gasteiger partial charge is 0.378 e. The number of hydrogen-bond acceptors (Lipinski definition) is 7. The third kappa shape index (κ3) is 2.59. The van der Waals surface area contributed by atoms with Gasteiger partial charge in [-0.05, 0) is 6.07 Å². The van der Waals surface area contributed by atoms with Crippen LogP contribution >= 0.6 is 0 Å². The summed E-state index contributed by atoms with van der Waals surface area (Å²) in [7, 11) is 0. The maximum atomic E-state index is 12.1. The molecule has 0 atom stereocenters. The first-order valence-electron chi connectivity index (χ1n) is 7.16. The van der Waals surface area contributed by atoms with E-state index in [1.807, 2.05) is 6.07 Å². The second-order valence-electron chi connectivity index (χ2n) is 4.99. The summed E-state index contributed by atoms with van der Waals surface area (Å²) in [5, 5.41) is 10.2. The Labute approximate surface area is 130 Å². The van der Waals surface area contributed by atoms with Crippen LogP contribution in [0, 0.1) is 0 Å². The molecule has 0 spiro atoms. The molecule has 4 rings (SSSR count). The normalized spacial score (nSPS) is 15.0. The maximum Gasteiger partial charge on any atom is 0.290 e. The molecule has 10 nitrogen and oxygen atoms in total. The molecule has 1 saturated heterocycles. The molecular formula is C13H14N8O2. The lowest BCUT2D eigenvalue weighted by atomic mass is 10.4. The number of morpholine rings is 1. The number of H-pyrrole nitrogens is 1. The summed E-state index contributed by atoms with van der Waals surface area (Å²) >= 11 is 0. The summed E-state index contributed by atoms with van der Waals surface area (Å²) in [6.07, 6.45) is 6.36. The first-order valence-corrected chi connectivity index (χ1v) is 7.16. The highest BCUT2D eigenvalue weighted by Crippen LogP contribution is 2.13. The minimum absolute atomic E-state index is 0.295. The van der Waals surface area contributed by atoms with Crippen LogP contribution in [0.1, 0.15) is 0 Å². The van der Waals surface area contributed by atoms with E-state index in [2.05, 4.69) is 30.3 Å². The minimum Gasteiger partial charge on any atom is -0.378 e. The molecule has 0 unspecified atom stereocenters. The highest BCUT2D eigenvalue weighted by molar-refractivity contribution is 5.40. The van der Waals surface area contributed by atoms with Gasteiger partial charge in [0.25, 0.3) is 11.5 Å². The van der Waals surface area contributed by atoms with Crippen LogP contribution in [-0.2, 0) is 4.74 Å². The van der Waals surface area contributed by atoms with E-state index < -0.39 is 0 Å². The maximum absolute atomic E-state index is 12.1. The van der Waals surface area contributed by atoms with E-state index in [0.717, 1.165) is 18.9 Å². The first kappa shape index (κ1) is 13.6. The van der Waals surface area contributed by atoms with Crippen molar-refractivity contribution in [2.45, 2.75) is 0 Å². The predicted octanol–water partition coefficient (Wildman–Crippen LogP) is -0.627. The molecule has 3 aromatic heterocycles. The lowest BCUT2D eigenvalue weighted by molar-refractivity contribution is 0.122. The Hall–Kier alpha value is -3.01. The van der Waals surface area contributed by atoms with Crippen LogP contribution < -0.4 is 10.5 Å². The molecule has 0 bridgehead atoms. The fourth-order valence-corrected chi connectivity index (χ4v) is 2.41. The van der Waals surface area contributed by atoms with Crippen molar-refractivity contribution in [2.24, 2.45) is 0 Å². The average Bonchev–Trinajstić information content (AvgIpc) is 3.25. The third-order valence-electron chi connectivity index (χ3n) is 3.55. The molecule has 23 heavy (non-hydrogen) atoms. The van der Waals surface area contributed by atoms with E-state index in [1.54, 1.807) is 18.6 Å². The molecule has 1 aliphatic heterocycles. The SMILES string of the molecule is O=c1[nH]n(-c2nccc(N3CCOCC3)n2)cc1-n1ccnn1. The quantitative estimate of drug-likeness (QED) is 0.686. The van der Waals surface area contributed by atoms with Gasteiger partial charge >= 0.3 is 0 Å². The van der Waals surface area contributed by atoms with Crippen LogP contribution in [-0.4, -0.2) is 61.0 Å². The standard InChI is InChI=1S/C13H14N8O2/c22-12-10(20-4-3-15-18-20)9-21(17-12)13-14-2-1-11(16-13)19-5-7-23-8-6-19/h1-4,9H,5-8H2,(H,17,22). The van der Waals surface area contributed by atoms with Crippen molar-refractivity contribution in [1.29, 1.82) is 0 Å². The third-order valence-corrected chi connectivity index (χ3v) is 3.55. The van der Waals surface area contributed by atoms with Gasteiger partial charge in [-0.15, -0.1) is 5.10 Å². The highest BCUT2D eigenvalue weighted by atomic mass is 16.5. The van der Waals surface area contributed by atoms with Crippen LogP contribution in [0.4, 0.5) is 5.82 Å². The fourth-order valence-electron chi connectivity index (χ4n) is 2.41. The number of nitrogens with one attached hydrogen (secondary N) is 1. The number of hydrogen-bond donors (Lipinski definition) is 1. The summed E-state index contributed by atoms with van der Waals surface area (Å²) < 4.78 is 8.21. The Morgan fingerprint density at radius 3 is 2.87 bits per heavy atom. The molecule has 118 valence electrons. The van der Waals surface area contributed by atoms with Crippen LogP contribution in [0.2, 0.25) is 0 Å². The molecule has 3 aromatic rings. The number of aromatic amines is 1. The molecule has 0 aliphatic carbocycles. The van der Waals surface area contributed by atoms with Crippen molar-refractivity contribution in [3.05, 3.63) is 41.2 Å². The Bertz CT molecular complexity index is 847. The average molecular weight is 314 g/mol. The van der Waals surface area contributed by atoms with Crippen molar-refractivity contribution in [3.8, 4) is 11.6 Å². The Balaban J connectivity index is 1.68. The molecule has 10 heteroatoms. The van der Waals surface area contributed by atoms with Gasteiger partial charge in [0.05, 0.1) is 31.8 Å². The van der Waals surface area contributed by atoms with E-state index in [1.165, 1.54) is 15.6 Å². The zero-order valence-corrected chi connectivity index (χ0v) is 12.2. The smallest absolute Gasteiger partial charge is 0.290 e. The van der Waals surface area contributed by atoms with Crippen molar-refractivity contribution in [3.63, 3.8) is 0 Å². The summed E-state index contributed by atoms with van der Waals surface area (Å²) in [4.78, 5) is 22.9. The van der Waals surface area contributed by atoms with Gasteiger partial charge in [0.2, 0.25) is 0 Å². The van der Waals surface area contributed by atoms with Crippen molar-refractivity contribution in [2.75, 3.05) is 31.2 Å². The Morgan fingerprint density at radius 2 is 2.09 bits per heavy atom. The number of aromatic nitrogens is 7. The van der Waals surface area contributed by atoms with E-state index in [-0.39, 0.29) is 5.56 Å². The van der Waals surface area contributed by atoms with Gasteiger partial charge < -0.3 is 9.64 Å². The lowest BCUT2D eigenvalue weighted by Crippen LogP contribution is -2.36. The van der Waals surface area contributed by atoms with Crippen molar-refractivity contribution >= 4 is 5.82 Å². The van der Waals surface area contributed by atoms with Crippen molar-refractivity contribution in [1.82, 2.24) is 34.7 Å². The number of ether oxygens (including phenoxy) is 1. The van der Waals surface area contributed by atoms with Crippen LogP contribution in [0.25, 0.3) is 11.6 Å². The number of rotatable bonds is 3. The lowest BCUT2D eigenvalue weighted by Gasteiger charge is -2.27. The zero-order valence-electron chi connectivity index (χ0n) is 12.2. The van der Waals surface area contributed by atoms with Gasteiger partial charge in [0.1, 0.15) is 5.82 Å². The van der Waals surface area contributed by atoms with Gasteiger partial charge in [-0.3, -0.25) is 9.89 Å². The Kier molecular flexibility index (Phi) is 3.35. The van der Waals surface area contributed by atoms with E-state index in [9.17, 15) is 4.79 Å². The van der Waals surface area contributed by atoms with Gasteiger partial charge in [0.15, 0.2) is 5.69 Å². The van der Waals surface area contributed by atoms with Crippen LogP contribution in [0.3, 0.4) is 0 Å². The zero-order chi connectivity index (χ0) is 15.6. The topological polar surface area (TPSA) is 107 Å². The summed E-state index contributed by atoms with van der Waals surface area (Å²) in [5.74, 6) is 1.19. The van der Waals surface area contributed by atoms with Crippen molar-refractivity contribution < 1.29 is 4.74 Å². The second-order valence-corrected chi connectivity index (χ2v) is 4.99. The highest BCUT2D eigenvalue weighted by Gasteiger charge is 2.15. The molecule has 1 aliphatic rings. The summed E-state index contributed by atoms with van der Waals surface area (Å²) in [6.45, 7) is 2.91. The van der Waals surface area contributed by atoms with Gasteiger partial charge in [-0.1, -0.05) is 5.21 Å². The molecule has 0 amide bonds. The molecule has 1 N–H and O–H groups in total. The van der Waals surface area contributed by atoms with E-state index >= 15 is 0 Å². The number of anilines is 1. The van der Waals surface area contributed by atoms with Gasteiger partial charge in [-0.2, -0.15) is 4.98 Å². The van der Waals surface area contributed by atoms with E-state index in [4.69, 9.17) is 4.74 Å². The molecule has 1 fully saturated rings. The number of nitrogens with zero attached hydrogens (tertiary/aromatic N) is 7.